The van der Waals surface area contributed by atoms with Gasteiger partial charge in [-0.25, -0.2) is 9.97 Å². The van der Waals surface area contributed by atoms with Gasteiger partial charge in [-0.15, -0.1) is 12.4 Å². The van der Waals surface area contributed by atoms with Crippen molar-refractivity contribution in [3.8, 4) is 0 Å². The van der Waals surface area contributed by atoms with Gasteiger partial charge >= 0.3 is 0 Å². The van der Waals surface area contributed by atoms with Crippen LogP contribution in [-0.2, 0) is 0 Å². The fourth-order valence-electron chi connectivity index (χ4n) is 3.75. The Labute approximate surface area is 168 Å². The first kappa shape index (κ1) is 18.3. The Morgan fingerprint density at radius 1 is 0.893 bits per heavy atom. The maximum Gasteiger partial charge on any atom is 0.253 e. The van der Waals surface area contributed by atoms with Crippen molar-refractivity contribution in [1.29, 1.82) is 0 Å². The molecule has 0 spiro atoms. The van der Waals surface area contributed by atoms with E-state index >= 15 is 0 Å². The summed E-state index contributed by atoms with van der Waals surface area (Å²) in [5, 5.41) is 1.11. The number of fused-ring (bicyclic) bond motifs is 3. The highest BCUT2D eigenvalue weighted by atomic mass is 35.5. The molecule has 3 heterocycles. The first-order valence-corrected chi connectivity index (χ1v) is 9.12. The molecular weight excluding hydrogens is 374 g/mol. The molecule has 6 nitrogen and oxygen atoms in total. The van der Waals surface area contributed by atoms with Crippen LogP contribution in [0.2, 0.25) is 0 Å². The zero-order valence-corrected chi connectivity index (χ0v) is 16.0. The Morgan fingerprint density at radius 2 is 1.61 bits per heavy atom. The van der Waals surface area contributed by atoms with Gasteiger partial charge in [-0.3, -0.25) is 4.79 Å². The molecule has 142 valence electrons. The quantitative estimate of drug-likeness (QED) is 0.566. The fraction of sp³-hybridized carbons (Fsp3) is 0.190. The number of nitrogens with one attached hydrogen (secondary N) is 1. The Bertz CT molecular complexity index is 1120. The van der Waals surface area contributed by atoms with Crippen molar-refractivity contribution in [2.75, 3.05) is 31.1 Å². The number of para-hydroxylation sites is 1. The van der Waals surface area contributed by atoms with Crippen LogP contribution in [0.15, 0.2) is 60.9 Å². The molecule has 0 atom stereocenters. The molecule has 2 aromatic carbocycles. The second kappa shape index (κ2) is 7.48. The number of nitrogens with zero attached hydrogens (tertiary/aromatic N) is 4. The van der Waals surface area contributed by atoms with E-state index in [1.807, 2.05) is 47.4 Å². The van der Waals surface area contributed by atoms with Gasteiger partial charge in [0, 0.05) is 42.6 Å². The summed E-state index contributed by atoms with van der Waals surface area (Å²) in [6.45, 7) is 2.86. The van der Waals surface area contributed by atoms with E-state index in [-0.39, 0.29) is 18.3 Å². The molecule has 0 bridgehead atoms. The van der Waals surface area contributed by atoms with Crippen LogP contribution in [0.4, 0.5) is 5.82 Å². The molecule has 2 aromatic heterocycles. The van der Waals surface area contributed by atoms with Crippen LogP contribution >= 0.6 is 12.4 Å². The molecule has 1 fully saturated rings. The number of anilines is 1. The van der Waals surface area contributed by atoms with Crippen LogP contribution in [0.5, 0.6) is 0 Å². The molecule has 0 saturated carbocycles. The standard InChI is InChI=1S/C21H19N5O.ClH/c27-21(15-6-2-1-3-7-15)26-12-10-25(11-13-26)20-19-18(22-14-23-20)16-8-4-5-9-17(16)24-19;/h1-9,14,24H,10-13H2;1H. The highest BCUT2D eigenvalue weighted by Crippen LogP contribution is 2.29. The summed E-state index contributed by atoms with van der Waals surface area (Å²) in [4.78, 5) is 29.3. The minimum absolute atomic E-state index is 0. The van der Waals surface area contributed by atoms with Gasteiger partial charge in [0.25, 0.3) is 5.91 Å². The van der Waals surface area contributed by atoms with Crippen LogP contribution < -0.4 is 4.90 Å². The molecule has 28 heavy (non-hydrogen) atoms. The highest BCUT2D eigenvalue weighted by Gasteiger charge is 2.24. The number of rotatable bonds is 2. The molecule has 0 unspecified atom stereocenters. The van der Waals surface area contributed by atoms with E-state index in [0.29, 0.717) is 13.1 Å². The minimum atomic E-state index is 0. The first-order chi connectivity index (χ1) is 13.3. The number of H-pyrrole nitrogens is 1. The van der Waals surface area contributed by atoms with Gasteiger partial charge in [-0.2, -0.15) is 0 Å². The van der Waals surface area contributed by atoms with Crippen molar-refractivity contribution >= 4 is 46.1 Å². The van der Waals surface area contributed by atoms with Gasteiger partial charge < -0.3 is 14.8 Å². The summed E-state index contributed by atoms with van der Waals surface area (Å²) in [6.07, 6.45) is 1.62. The number of hydrogen-bond donors (Lipinski definition) is 1. The third kappa shape index (κ3) is 3.05. The predicted octanol–water partition coefficient (Wildman–Crippen LogP) is 3.50. The van der Waals surface area contributed by atoms with E-state index in [9.17, 15) is 4.79 Å². The van der Waals surface area contributed by atoms with E-state index < -0.39 is 0 Å². The topological polar surface area (TPSA) is 65.1 Å². The average molecular weight is 394 g/mol. The molecule has 1 aliphatic heterocycles. The lowest BCUT2D eigenvalue weighted by Gasteiger charge is -2.35. The Balaban J connectivity index is 0.00000192. The highest BCUT2D eigenvalue weighted by molar-refractivity contribution is 6.08. The third-order valence-corrected chi connectivity index (χ3v) is 5.16. The van der Waals surface area contributed by atoms with Crippen molar-refractivity contribution < 1.29 is 4.79 Å². The third-order valence-electron chi connectivity index (χ3n) is 5.16. The number of halogens is 1. The molecule has 1 saturated heterocycles. The summed E-state index contributed by atoms with van der Waals surface area (Å²) in [5.74, 6) is 0.997. The number of aromatic amines is 1. The Hall–Kier alpha value is -3.12. The molecule has 4 aromatic rings. The number of carbonyl (C=O) groups excluding carboxylic acids is 1. The monoisotopic (exact) mass is 393 g/mol. The van der Waals surface area contributed by atoms with Crippen molar-refractivity contribution in [3.63, 3.8) is 0 Å². The number of hydrogen-bond acceptors (Lipinski definition) is 4. The van der Waals surface area contributed by atoms with Crippen LogP contribution in [0.1, 0.15) is 10.4 Å². The van der Waals surface area contributed by atoms with Crippen molar-refractivity contribution in [2.24, 2.45) is 0 Å². The van der Waals surface area contributed by atoms with E-state index in [1.54, 1.807) is 6.33 Å². The van der Waals surface area contributed by atoms with Crippen LogP contribution in [0.25, 0.3) is 21.9 Å². The summed E-state index contributed by atoms with van der Waals surface area (Å²) < 4.78 is 0. The van der Waals surface area contributed by atoms with Gasteiger partial charge in [-0.05, 0) is 18.2 Å². The summed E-state index contributed by atoms with van der Waals surface area (Å²) >= 11 is 0. The fourth-order valence-corrected chi connectivity index (χ4v) is 3.75. The molecule has 5 rings (SSSR count). The number of piperazine rings is 1. The number of amides is 1. The molecule has 1 aliphatic rings. The largest absolute Gasteiger partial charge is 0.351 e. The molecule has 7 heteroatoms. The minimum Gasteiger partial charge on any atom is -0.351 e. The predicted molar refractivity (Wildman–Crippen MR) is 113 cm³/mol. The summed E-state index contributed by atoms with van der Waals surface area (Å²) in [5.41, 5.74) is 3.71. The zero-order chi connectivity index (χ0) is 18.2. The lowest BCUT2D eigenvalue weighted by atomic mass is 10.2. The van der Waals surface area contributed by atoms with E-state index in [0.717, 1.165) is 46.4 Å². The maximum atomic E-state index is 12.6. The second-order valence-corrected chi connectivity index (χ2v) is 6.74. The smallest absolute Gasteiger partial charge is 0.253 e. The lowest BCUT2D eigenvalue weighted by Crippen LogP contribution is -2.49. The van der Waals surface area contributed by atoms with Gasteiger partial charge in [0.15, 0.2) is 5.82 Å². The summed E-state index contributed by atoms with van der Waals surface area (Å²) in [6, 6.07) is 17.6. The van der Waals surface area contributed by atoms with Crippen molar-refractivity contribution in [1.82, 2.24) is 19.9 Å². The van der Waals surface area contributed by atoms with Gasteiger partial charge in [0.05, 0.1) is 0 Å². The lowest BCUT2D eigenvalue weighted by molar-refractivity contribution is 0.0746. The Morgan fingerprint density at radius 3 is 2.39 bits per heavy atom. The van der Waals surface area contributed by atoms with Crippen LogP contribution in [0.3, 0.4) is 0 Å². The normalized spacial score (nSPS) is 14.3. The van der Waals surface area contributed by atoms with Gasteiger partial charge in [0.2, 0.25) is 0 Å². The molecule has 0 radical (unpaired) electrons. The van der Waals surface area contributed by atoms with Gasteiger partial charge in [0.1, 0.15) is 17.4 Å². The Kier molecular flexibility index (Phi) is 4.88. The van der Waals surface area contributed by atoms with Crippen molar-refractivity contribution in [3.05, 3.63) is 66.5 Å². The first-order valence-electron chi connectivity index (χ1n) is 9.12. The maximum absolute atomic E-state index is 12.6. The van der Waals surface area contributed by atoms with E-state index in [2.05, 4.69) is 32.0 Å². The molecule has 1 amide bonds. The summed E-state index contributed by atoms with van der Waals surface area (Å²) in [7, 11) is 0. The molecule has 0 aliphatic carbocycles. The molecule has 1 N–H and O–H groups in total. The van der Waals surface area contributed by atoms with E-state index in [1.165, 1.54) is 0 Å². The second-order valence-electron chi connectivity index (χ2n) is 6.74. The zero-order valence-electron chi connectivity index (χ0n) is 15.2. The number of aromatic nitrogens is 3. The average Bonchev–Trinajstić information content (AvgIpc) is 3.13. The number of carbonyl (C=O) groups is 1. The van der Waals surface area contributed by atoms with Gasteiger partial charge in [-0.1, -0.05) is 36.4 Å². The van der Waals surface area contributed by atoms with Crippen LogP contribution in [-0.4, -0.2) is 51.9 Å². The van der Waals surface area contributed by atoms with E-state index in [4.69, 9.17) is 0 Å². The molecular formula is C21H20ClN5O. The van der Waals surface area contributed by atoms with Crippen LogP contribution in [0, 0.1) is 0 Å². The SMILES string of the molecule is Cl.O=C(c1ccccc1)N1CCN(c2ncnc3c2[nH]c2ccccc23)CC1. The number of benzene rings is 2. The van der Waals surface area contributed by atoms with Crippen molar-refractivity contribution in [2.45, 2.75) is 0 Å².